The molecule has 0 radical (unpaired) electrons. The summed E-state index contributed by atoms with van der Waals surface area (Å²) in [6.07, 6.45) is 2.69. The highest BCUT2D eigenvalue weighted by molar-refractivity contribution is 7.91. The fraction of sp³-hybridized carbons (Fsp3) is 1.00. The molecule has 1 saturated heterocycles. The van der Waals surface area contributed by atoms with E-state index in [1.54, 1.807) is 6.92 Å². The summed E-state index contributed by atoms with van der Waals surface area (Å²) >= 11 is 0. The lowest BCUT2D eigenvalue weighted by molar-refractivity contribution is 0.198. The largest absolute Gasteiger partial charge is 0.311 e. The summed E-state index contributed by atoms with van der Waals surface area (Å²) in [5, 5.41) is 3.53. The third kappa shape index (κ3) is 3.43. The van der Waals surface area contributed by atoms with Crippen molar-refractivity contribution in [3.63, 3.8) is 0 Å². The van der Waals surface area contributed by atoms with Gasteiger partial charge in [-0.2, -0.15) is 0 Å². The molecular weight excluding hydrogens is 224 g/mol. The van der Waals surface area contributed by atoms with Crippen LogP contribution in [-0.2, 0) is 9.84 Å². The smallest absolute Gasteiger partial charge is 0.151 e. The van der Waals surface area contributed by atoms with E-state index in [2.05, 4.69) is 10.2 Å². The van der Waals surface area contributed by atoms with Crippen LogP contribution in [0.3, 0.4) is 0 Å². The third-order valence-electron chi connectivity index (χ3n) is 3.64. The van der Waals surface area contributed by atoms with Gasteiger partial charge < -0.3 is 5.32 Å². The molecule has 0 aromatic carbocycles. The maximum absolute atomic E-state index is 11.4. The van der Waals surface area contributed by atoms with Crippen molar-refractivity contribution in [2.45, 2.75) is 25.8 Å². The molecule has 0 bridgehead atoms. The van der Waals surface area contributed by atoms with Crippen LogP contribution in [0.2, 0.25) is 0 Å². The van der Waals surface area contributed by atoms with E-state index in [1.807, 2.05) is 0 Å². The first-order valence-electron chi connectivity index (χ1n) is 6.27. The Kier molecular flexibility index (Phi) is 3.87. The molecule has 0 amide bonds. The van der Waals surface area contributed by atoms with E-state index < -0.39 is 9.84 Å². The Morgan fingerprint density at radius 3 is 2.75 bits per heavy atom. The number of nitrogens with one attached hydrogen (secondary N) is 1. The molecule has 2 rings (SSSR count). The molecule has 94 valence electrons. The lowest BCUT2D eigenvalue weighted by atomic mass is 10.1. The predicted molar refractivity (Wildman–Crippen MR) is 65.3 cm³/mol. The summed E-state index contributed by atoms with van der Waals surface area (Å²) in [6, 6.07) is 0.609. The molecule has 2 aliphatic rings. The first-order chi connectivity index (χ1) is 7.61. The van der Waals surface area contributed by atoms with Gasteiger partial charge in [0.15, 0.2) is 9.84 Å². The van der Waals surface area contributed by atoms with Crippen molar-refractivity contribution in [3.05, 3.63) is 0 Å². The molecule has 5 heteroatoms. The van der Waals surface area contributed by atoms with E-state index in [0.717, 1.165) is 25.6 Å². The lowest BCUT2D eigenvalue weighted by Crippen LogP contribution is -2.52. The van der Waals surface area contributed by atoms with Gasteiger partial charge >= 0.3 is 0 Å². The number of hydrogen-bond acceptors (Lipinski definition) is 4. The molecule has 1 saturated carbocycles. The lowest BCUT2D eigenvalue weighted by Gasteiger charge is -2.33. The topological polar surface area (TPSA) is 49.4 Å². The average molecular weight is 246 g/mol. The molecule has 1 N–H and O–H groups in total. The zero-order valence-corrected chi connectivity index (χ0v) is 10.8. The maximum atomic E-state index is 11.4. The van der Waals surface area contributed by atoms with Crippen LogP contribution in [0.5, 0.6) is 0 Å². The molecule has 1 unspecified atom stereocenters. The second-order valence-corrected chi connectivity index (χ2v) is 7.41. The van der Waals surface area contributed by atoms with Crippen molar-refractivity contribution < 1.29 is 8.42 Å². The van der Waals surface area contributed by atoms with Gasteiger partial charge in [-0.15, -0.1) is 0 Å². The molecule has 4 nitrogen and oxygen atoms in total. The van der Waals surface area contributed by atoms with Gasteiger partial charge in [0.25, 0.3) is 0 Å². The minimum atomic E-state index is -2.80. The van der Waals surface area contributed by atoms with Crippen LogP contribution >= 0.6 is 0 Å². The second kappa shape index (κ2) is 5.02. The van der Waals surface area contributed by atoms with Crippen LogP contribution < -0.4 is 5.32 Å². The molecule has 0 aromatic rings. The minimum absolute atomic E-state index is 0.269. The van der Waals surface area contributed by atoms with Gasteiger partial charge in [0, 0.05) is 38.0 Å². The zero-order chi connectivity index (χ0) is 11.6. The number of rotatable bonds is 5. The first-order valence-corrected chi connectivity index (χ1v) is 8.09. The van der Waals surface area contributed by atoms with E-state index in [1.165, 1.54) is 12.8 Å². The van der Waals surface area contributed by atoms with Crippen molar-refractivity contribution in [2.24, 2.45) is 5.92 Å². The first kappa shape index (κ1) is 12.3. The van der Waals surface area contributed by atoms with Crippen molar-refractivity contribution >= 4 is 9.84 Å². The Morgan fingerprint density at radius 1 is 1.38 bits per heavy atom. The van der Waals surface area contributed by atoms with Gasteiger partial charge in [-0.3, -0.25) is 4.90 Å². The monoisotopic (exact) mass is 246 g/mol. The van der Waals surface area contributed by atoms with Crippen LogP contribution in [0.25, 0.3) is 0 Å². The Hall–Kier alpha value is -0.130. The Morgan fingerprint density at radius 2 is 2.12 bits per heavy atom. The fourth-order valence-corrected chi connectivity index (χ4v) is 3.10. The van der Waals surface area contributed by atoms with Gasteiger partial charge in [-0.25, -0.2) is 8.42 Å². The van der Waals surface area contributed by atoms with Crippen molar-refractivity contribution in [2.75, 3.05) is 37.7 Å². The Bertz CT molecular complexity index is 325. The van der Waals surface area contributed by atoms with E-state index in [-0.39, 0.29) is 5.75 Å². The minimum Gasteiger partial charge on any atom is -0.311 e. The molecular formula is C11H22N2O2S. The average Bonchev–Trinajstić information content (AvgIpc) is 3.11. The van der Waals surface area contributed by atoms with Crippen molar-refractivity contribution in [1.82, 2.24) is 10.2 Å². The van der Waals surface area contributed by atoms with Gasteiger partial charge in [0.05, 0.1) is 5.75 Å². The van der Waals surface area contributed by atoms with Crippen LogP contribution in [0, 0.1) is 5.92 Å². The standard InChI is InChI=1S/C11H22N2O2S/c1-2-16(14,15)8-7-13-6-5-12-11(9-13)10-3-4-10/h10-12H,2-9H2,1H3. The SMILES string of the molecule is CCS(=O)(=O)CCN1CCNC(C2CC2)C1. The van der Waals surface area contributed by atoms with Gasteiger partial charge in [0.1, 0.15) is 0 Å². The Labute approximate surface area is 98.3 Å². The molecule has 0 aromatic heterocycles. The predicted octanol–water partition coefficient (Wildman–Crippen LogP) is 0.105. The molecule has 2 fully saturated rings. The zero-order valence-electron chi connectivity index (χ0n) is 9.98. The number of piperazine rings is 1. The van der Waals surface area contributed by atoms with Gasteiger partial charge in [-0.05, 0) is 18.8 Å². The second-order valence-electron chi connectivity index (χ2n) is 4.94. The van der Waals surface area contributed by atoms with Crippen LogP contribution in [0.15, 0.2) is 0 Å². The maximum Gasteiger partial charge on any atom is 0.151 e. The van der Waals surface area contributed by atoms with E-state index >= 15 is 0 Å². The third-order valence-corrected chi connectivity index (χ3v) is 5.32. The van der Waals surface area contributed by atoms with E-state index in [0.29, 0.717) is 18.3 Å². The Balaban J connectivity index is 1.76. The molecule has 1 aliphatic heterocycles. The molecule has 1 heterocycles. The van der Waals surface area contributed by atoms with Crippen LogP contribution in [-0.4, -0.2) is 57.0 Å². The van der Waals surface area contributed by atoms with Crippen LogP contribution in [0.1, 0.15) is 19.8 Å². The summed E-state index contributed by atoms with van der Waals surface area (Å²) in [5.74, 6) is 1.44. The van der Waals surface area contributed by atoms with Crippen molar-refractivity contribution in [1.29, 1.82) is 0 Å². The molecule has 1 aliphatic carbocycles. The van der Waals surface area contributed by atoms with Gasteiger partial charge in [-0.1, -0.05) is 6.92 Å². The summed E-state index contributed by atoms with van der Waals surface area (Å²) < 4.78 is 22.9. The number of sulfone groups is 1. The number of hydrogen-bond donors (Lipinski definition) is 1. The number of nitrogens with zero attached hydrogens (tertiary/aromatic N) is 1. The fourth-order valence-electron chi connectivity index (χ4n) is 2.27. The summed E-state index contributed by atoms with van der Waals surface area (Å²) in [5.41, 5.74) is 0. The van der Waals surface area contributed by atoms with E-state index in [9.17, 15) is 8.42 Å². The highest BCUT2D eigenvalue weighted by Crippen LogP contribution is 2.33. The van der Waals surface area contributed by atoms with Gasteiger partial charge in [0.2, 0.25) is 0 Å². The van der Waals surface area contributed by atoms with E-state index in [4.69, 9.17) is 0 Å². The summed E-state index contributed by atoms with van der Waals surface area (Å²) in [4.78, 5) is 2.30. The van der Waals surface area contributed by atoms with Crippen LogP contribution in [0.4, 0.5) is 0 Å². The highest BCUT2D eigenvalue weighted by Gasteiger charge is 2.33. The quantitative estimate of drug-likeness (QED) is 0.748. The molecule has 0 spiro atoms. The molecule has 16 heavy (non-hydrogen) atoms. The summed E-state index contributed by atoms with van der Waals surface area (Å²) in [6.45, 7) is 5.46. The highest BCUT2D eigenvalue weighted by atomic mass is 32.2. The van der Waals surface area contributed by atoms with Crippen molar-refractivity contribution in [3.8, 4) is 0 Å². The summed E-state index contributed by atoms with van der Waals surface area (Å²) in [7, 11) is -2.80. The molecule has 1 atom stereocenters. The normalized spacial score (nSPS) is 28.2.